The van der Waals surface area contributed by atoms with Gasteiger partial charge in [0.05, 0.1) is 0 Å². The van der Waals surface area contributed by atoms with Gasteiger partial charge in [-0.25, -0.2) is 4.79 Å². The van der Waals surface area contributed by atoms with Gasteiger partial charge in [0.1, 0.15) is 17.0 Å². The molecule has 2 rings (SSSR count). The van der Waals surface area contributed by atoms with Crippen LogP contribution in [0.3, 0.4) is 0 Å². The number of benzene rings is 1. The third kappa shape index (κ3) is 6.20. The van der Waals surface area contributed by atoms with Gasteiger partial charge in [0.25, 0.3) is 0 Å². The molecule has 1 heterocycles. The van der Waals surface area contributed by atoms with E-state index >= 15 is 0 Å². The van der Waals surface area contributed by atoms with E-state index < -0.39 is 11.8 Å². The van der Waals surface area contributed by atoms with Gasteiger partial charge in [-0.05, 0) is 75.9 Å². The van der Waals surface area contributed by atoms with Gasteiger partial charge < -0.3 is 14.4 Å². The summed E-state index contributed by atoms with van der Waals surface area (Å²) in [7, 11) is 0. The number of hydrogen-bond donors (Lipinski definition) is 0. The van der Waals surface area contributed by atoms with Gasteiger partial charge in [-0.3, -0.25) is 4.79 Å². The highest BCUT2D eigenvalue weighted by Crippen LogP contribution is 2.30. The van der Waals surface area contributed by atoms with E-state index in [-0.39, 0.29) is 17.3 Å². The number of rotatable bonds is 4. The molecule has 0 N–H and O–H groups in total. The minimum absolute atomic E-state index is 0.112. The van der Waals surface area contributed by atoms with E-state index in [0.717, 1.165) is 32.4 Å². The van der Waals surface area contributed by atoms with E-state index in [9.17, 15) is 14.5 Å². The summed E-state index contributed by atoms with van der Waals surface area (Å²) in [4.78, 5) is 37.1. The maximum atomic E-state index is 12.3. The summed E-state index contributed by atoms with van der Waals surface area (Å²) >= 11 is 0. The van der Waals surface area contributed by atoms with Crippen LogP contribution in [-0.4, -0.2) is 35.7 Å². The van der Waals surface area contributed by atoms with Crippen molar-refractivity contribution in [2.24, 2.45) is 5.18 Å². The summed E-state index contributed by atoms with van der Waals surface area (Å²) in [6.45, 7) is 8.36. The van der Waals surface area contributed by atoms with Crippen LogP contribution in [0.25, 0.3) is 6.08 Å². The first-order chi connectivity index (χ1) is 12.7. The predicted molar refractivity (Wildman–Crippen MR) is 103 cm³/mol. The second kappa shape index (κ2) is 8.79. The number of amides is 1. The van der Waals surface area contributed by atoms with Gasteiger partial charge in [-0.15, -0.1) is 4.91 Å². The molecule has 0 spiro atoms. The summed E-state index contributed by atoms with van der Waals surface area (Å²) in [6, 6.07) is 3.02. The minimum atomic E-state index is -0.856. The third-order valence-electron chi connectivity index (χ3n) is 4.08. The third-order valence-corrected chi connectivity index (χ3v) is 4.08. The maximum absolute atomic E-state index is 12.3. The molecule has 1 aliphatic heterocycles. The number of piperidine rings is 1. The van der Waals surface area contributed by atoms with Crippen molar-refractivity contribution in [2.45, 2.75) is 52.6 Å². The molecule has 0 unspecified atom stereocenters. The second-order valence-corrected chi connectivity index (χ2v) is 7.55. The van der Waals surface area contributed by atoms with Crippen LogP contribution in [0.5, 0.6) is 5.75 Å². The molecule has 0 aromatic heterocycles. The van der Waals surface area contributed by atoms with Crippen molar-refractivity contribution in [1.29, 1.82) is 0 Å². The minimum Gasteiger partial charge on any atom is -0.428 e. The van der Waals surface area contributed by atoms with Crippen LogP contribution in [0, 0.1) is 11.8 Å². The lowest BCUT2D eigenvalue weighted by Gasteiger charge is -2.25. The van der Waals surface area contributed by atoms with Gasteiger partial charge in [-0.1, -0.05) is 0 Å². The molecule has 0 bridgehead atoms. The molecule has 1 aromatic rings. The average molecular weight is 374 g/mol. The van der Waals surface area contributed by atoms with Crippen molar-refractivity contribution < 1.29 is 19.1 Å². The van der Waals surface area contributed by atoms with Crippen LogP contribution in [0.15, 0.2) is 23.4 Å². The zero-order chi connectivity index (χ0) is 20.0. The van der Waals surface area contributed by atoms with E-state index in [2.05, 4.69) is 5.18 Å². The molecule has 0 atom stereocenters. The Hall–Kier alpha value is -2.70. The molecule has 1 amide bonds. The molecule has 7 nitrogen and oxygen atoms in total. The highest BCUT2D eigenvalue weighted by Gasteiger charge is 2.20. The van der Waals surface area contributed by atoms with Crippen LogP contribution in [0.1, 0.15) is 51.2 Å². The molecule has 1 fully saturated rings. The number of ether oxygens (including phenoxy) is 2. The lowest BCUT2D eigenvalue weighted by molar-refractivity contribution is -0.126. The molecule has 7 heteroatoms. The van der Waals surface area contributed by atoms with Crippen LogP contribution in [-0.2, 0) is 9.53 Å². The largest absolute Gasteiger partial charge is 0.514 e. The normalized spacial score (nSPS) is 14.9. The SMILES string of the molecule is Cc1cc(OC(=O)OC(C)(C)C)c(C=CC(=O)N2CCCCC2)cc1N=O. The van der Waals surface area contributed by atoms with Crippen LogP contribution in [0.2, 0.25) is 0 Å². The topological polar surface area (TPSA) is 85.3 Å². The Morgan fingerprint density at radius 3 is 2.41 bits per heavy atom. The monoisotopic (exact) mass is 374 g/mol. The quantitative estimate of drug-likeness (QED) is 0.329. The van der Waals surface area contributed by atoms with Gasteiger partial charge in [0.15, 0.2) is 0 Å². The Morgan fingerprint density at radius 1 is 1.15 bits per heavy atom. The van der Waals surface area contributed by atoms with Crippen molar-refractivity contribution in [3.63, 3.8) is 0 Å². The summed E-state index contributed by atoms with van der Waals surface area (Å²) < 4.78 is 10.5. The van der Waals surface area contributed by atoms with Gasteiger partial charge >= 0.3 is 6.16 Å². The first-order valence-corrected chi connectivity index (χ1v) is 9.05. The number of nitrogens with zero attached hydrogens (tertiary/aromatic N) is 2. The Morgan fingerprint density at radius 2 is 1.81 bits per heavy atom. The Balaban J connectivity index is 2.24. The van der Waals surface area contributed by atoms with Crippen molar-refractivity contribution >= 4 is 23.8 Å². The molecular formula is C20H26N2O5. The fraction of sp³-hybridized carbons (Fsp3) is 0.500. The van der Waals surface area contributed by atoms with E-state index in [0.29, 0.717) is 11.1 Å². The molecule has 0 saturated carbocycles. The van der Waals surface area contributed by atoms with E-state index in [1.165, 1.54) is 24.3 Å². The summed E-state index contributed by atoms with van der Waals surface area (Å²) in [5.41, 5.74) is 0.488. The molecule has 0 aliphatic carbocycles. The predicted octanol–water partition coefficient (Wildman–Crippen LogP) is 4.73. The summed E-state index contributed by atoms with van der Waals surface area (Å²) in [6.07, 6.45) is 5.23. The Kier molecular flexibility index (Phi) is 6.71. The Bertz CT molecular complexity index is 743. The van der Waals surface area contributed by atoms with Gasteiger partial charge in [0.2, 0.25) is 5.91 Å². The van der Waals surface area contributed by atoms with Crippen molar-refractivity contribution in [3.8, 4) is 5.75 Å². The zero-order valence-corrected chi connectivity index (χ0v) is 16.3. The first kappa shape index (κ1) is 20.6. The van der Waals surface area contributed by atoms with E-state index in [1.807, 2.05) is 0 Å². The van der Waals surface area contributed by atoms with Gasteiger partial charge in [0, 0.05) is 24.7 Å². The molecule has 1 saturated heterocycles. The molecule has 1 aromatic carbocycles. The number of likely N-dealkylation sites (tertiary alicyclic amines) is 1. The average Bonchev–Trinajstić information content (AvgIpc) is 2.60. The first-order valence-electron chi connectivity index (χ1n) is 9.05. The number of carbonyl (C=O) groups excluding carboxylic acids is 2. The van der Waals surface area contributed by atoms with Crippen LogP contribution >= 0.6 is 0 Å². The van der Waals surface area contributed by atoms with Gasteiger partial charge in [-0.2, -0.15) is 0 Å². The van der Waals surface area contributed by atoms with Crippen LogP contribution in [0.4, 0.5) is 10.5 Å². The second-order valence-electron chi connectivity index (χ2n) is 7.55. The van der Waals surface area contributed by atoms with Crippen molar-refractivity contribution in [3.05, 3.63) is 34.2 Å². The fourth-order valence-corrected chi connectivity index (χ4v) is 2.74. The molecule has 146 valence electrons. The van der Waals surface area contributed by atoms with E-state index in [1.54, 1.807) is 32.6 Å². The number of hydrogen-bond acceptors (Lipinski definition) is 6. The smallest absolute Gasteiger partial charge is 0.428 e. The summed E-state index contributed by atoms with van der Waals surface area (Å²) in [5, 5.41) is 2.98. The highest BCUT2D eigenvalue weighted by molar-refractivity contribution is 5.92. The number of aryl methyl sites for hydroxylation is 1. The summed E-state index contributed by atoms with van der Waals surface area (Å²) in [5.74, 6) is 0.0935. The Labute approximate surface area is 159 Å². The number of carbonyl (C=O) groups is 2. The van der Waals surface area contributed by atoms with Crippen molar-refractivity contribution in [1.82, 2.24) is 4.90 Å². The van der Waals surface area contributed by atoms with Crippen LogP contribution < -0.4 is 4.74 Å². The van der Waals surface area contributed by atoms with Crippen molar-refractivity contribution in [2.75, 3.05) is 13.1 Å². The molecule has 1 aliphatic rings. The molecular weight excluding hydrogens is 348 g/mol. The highest BCUT2D eigenvalue weighted by atomic mass is 16.7. The van der Waals surface area contributed by atoms with E-state index in [4.69, 9.17) is 9.47 Å². The fourth-order valence-electron chi connectivity index (χ4n) is 2.74. The standard InChI is InChI=1S/C20H26N2O5/c1-14-12-17(26-19(24)27-20(2,3)4)15(13-16(14)21-25)8-9-18(23)22-10-6-5-7-11-22/h8-9,12-13H,5-7,10-11H2,1-4H3. The number of nitroso groups, excluding NO2 is 1. The lowest BCUT2D eigenvalue weighted by atomic mass is 10.1. The maximum Gasteiger partial charge on any atom is 0.514 e. The zero-order valence-electron chi connectivity index (χ0n) is 16.3. The molecule has 27 heavy (non-hydrogen) atoms. The lowest BCUT2D eigenvalue weighted by Crippen LogP contribution is -2.34. The molecule has 0 radical (unpaired) electrons.